The zero-order valence-corrected chi connectivity index (χ0v) is 20.2. The second-order valence-corrected chi connectivity index (χ2v) is 8.73. The Kier molecular flexibility index (Phi) is 7.06. The molecule has 5 rings (SSSR count). The van der Waals surface area contributed by atoms with Crippen LogP contribution in [-0.4, -0.2) is 68.9 Å². The third kappa shape index (κ3) is 5.29. The smallest absolute Gasteiger partial charge is 0.247 e. The van der Waals surface area contributed by atoms with Crippen LogP contribution >= 0.6 is 0 Å². The highest BCUT2D eigenvalue weighted by Gasteiger charge is 2.22. The number of fused-ring (bicyclic) bond motifs is 1. The van der Waals surface area contributed by atoms with Crippen molar-refractivity contribution in [1.29, 1.82) is 0 Å². The molecule has 4 heterocycles. The maximum absolute atomic E-state index is 11.6. The minimum atomic E-state index is -0.290. The number of piperidine rings is 1. The summed E-state index contributed by atoms with van der Waals surface area (Å²) in [6.07, 6.45) is 10.9. The van der Waals surface area contributed by atoms with Crippen molar-refractivity contribution in [2.75, 3.05) is 38.7 Å². The van der Waals surface area contributed by atoms with E-state index in [0.717, 1.165) is 50.2 Å². The molecule has 1 amide bonds. The van der Waals surface area contributed by atoms with Crippen molar-refractivity contribution in [2.45, 2.75) is 18.9 Å². The number of nitrogens with zero attached hydrogens (tertiary/aromatic N) is 5. The van der Waals surface area contributed by atoms with Crippen molar-refractivity contribution >= 4 is 22.8 Å². The molecule has 1 fully saturated rings. The Morgan fingerprint density at radius 2 is 2.28 bits per heavy atom. The molecule has 1 aromatic carbocycles. The van der Waals surface area contributed by atoms with Crippen LogP contribution in [0.25, 0.3) is 22.3 Å². The molecule has 0 aliphatic carbocycles. The number of hydrogen-bond acceptors (Lipinski definition) is 7. The van der Waals surface area contributed by atoms with Gasteiger partial charge in [0.2, 0.25) is 11.8 Å². The van der Waals surface area contributed by atoms with Gasteiger partial charge in [-0.2, -0.15) is 5.10 Å². The normalized spacial score (nSPS) is 16.2. The Morgan fingerprint density at radius 1 is 1.36 bits per heavy atom. The lowest BCUT2D eigenvalue weighted by Crippen LogP contribution is -2.38. The zero-order valence-electron chi connectivity index (χ0n) is 20.2. The summed E-state index contributed by atoms with van der Waals surface area (Å²) in [5.74, 6) is 0.594. The maximum atomic E-state index is 11.6. The quantitative estimate of drug-likeness (QED) is 0.343. The Hall–Kier alpha value is -4.02. The molecule has 0 spiro atoms. The van der Waals surface area contributed by atoms with Gasteiger partial charge in [-0.1, -0.05) is 12.6 Å². The maximum Gasteiger partial charge on any atom is 0.247 e. The number of ether oxygens (including phenoxy) is 2. The summed E-state index contributed by atoms with van der Waals surface area (Å²) in [6.45, 7) is 7.20. The predicted molar refractivity (Wildman–Crippen MR) is 137 cm³/mol. The number of anilines is 1. The SMILES string of the molecule is C=CC(=O)Nc1cccc(Oc2cnc3[nH]cc(-c4cnn(C5CCCN(CCOC)C5)c4)c3n2)c1. The summed E-state index contributed by atoms with van der Waals surface area (Å²) in [4.78, 5) is 26.4. The van der Waals surface area contributed by atoms with Crippen LogP contribution in [0.1, 0.15) is 18.9 Å². The molecule has 186 valence electrons. The van der Waals surface area contributed by atoms with E-state index in [4.69, 9.17) is 14.5 Å². The van der Waals surface area contributed by atoms with Crippen LogP contribution in [0.15, 0.2) is 61.7 Å². The molecular weight excluding hydrogens is 458 g/mol. The highest BCUT2D eigenvalue weighted by Crippen LogP contribution is 2.30. The van der Waals surface area contributed by atoms with Crippen molar-refractivity contribution in [3.05, 3.63) is 61.7 Å². The zero-order chi connectivity index (χ0) is 24.9. The van der Waals surface area contributed by atoms with Crippen LogP contribution < -0.4 is 10.1 Å². The van der Waals surface area contributed by atoms with E-state index in [1.54, 1.807) is 37.6 Å². The van der Waals surface area contributed by atoms with Crippen molar-refractivity contribution in [2.24, 2.45) is 0 Å². The molecule has 10 nitrogen and oxygen atoms in total. The fourth-order valence-corrected chi connectivity index (χ4v) is 4.44. The number of methoxy groups -OCH3 is 1. The molecule has 10 heteroatoms. The number of carbonyl (C=O) groups excluding carboxylic acids is 1. The Balaban J connectivity index is 1.34. The van der Waals surface area contributed by atoms with Crippen LogP contribution in [0.2, 0.25) is 0 Å². The van der Waals surface area contributed by atoms with E-state index in [0.29, 0.717) is 34.5 Å². The molecular formula is C26H29N7O3. The van der Waals surface area contributed by atoms with Crippen molar-refractivity contribution in [3.63, 3.8) is 0 Å². The number of nitrogens with one attached hydrogen (secondary N) is 2. The van der Waals surface area contributed by atoms with Crippen LogP contribution in [0, 0.1) is 0 Å². The van der Waals surface area contributed by atoms with Crippen LogP contribution in [0.4, 0.5) is 5.69 Å². The highest BCUT2D eigenvalue weighted by molar-refractivity contribution is 5.99. The molecule has 0 bridgehead atoms. The average molecular weight is 488 g/mol. The van der Waals surface area contributed by atoms with Gasteiger partial charge in [-0.3, -0.25) is 14.4 Å². The van der Waals surface area contributed by atoms with Gasteiger partial charge < -0.3 is 19.8 Å². The molecule has 1 atom stereocenters. The molecule has 3 aromatic heterocycles. The van der Waals surface area contributed by atoms with E-state index in [1.165, 1.54) is 6.08 Å². The number of hydrogen-bond donors (Lipinski definition) is 2. The molecule has 2 N–H and O–H groups in total. The lowest BCUT2D eigenvalue weighted by molar-refractivity contribution is -0.111. The van der Waals surface area contributed by atoms with Crippen LogP contribution in [-0.2, 0) is 9.53 Å². The van der Waals surface area contributed by atoms with Crippen molar-refractivity contribution in [1.82, 2.24) is 29.6 Å². The van der Waals surface area contributed by atoms with Crippen LogP contribution in [0.5, 0.6) is 11.6 Å². The second-order valence-electron chi connectivity index (χ2n) is 8.73. The largest absolute Gasteiger partial charge is 0.437 e. The van der Waals surface area contributed by atoms with Gasteiger partial charge in [0.1, 0.15) is 11.3 Å². The fourth-order valence-electron chi connectivity index (χ4n) is 4.44. The van der Waals surface area contributed by atoms with Gasteiger partial charge in [0.15, 0.2) is 5.65 Å². The summed E-state index contributed by atoms with van der Waals surface area (Å²) < 4.78 is 13.2. The second kappa shape index (κ2) is 10.7. The van der Waals surface area contributed by atoms with E-state index in [-0.39, 0.29) is 5.91 Å². The molecule has 36 heavy (non-hydrogen) atoms. The summed E-state index contributed by atoms with van der Waals surface area (Å²) in [6, 6.07) is 7.40. The number of H-pyrrole nitrogens is 1. The molecule has 0 radical (unpaired) electrons. The third-order valence-electron chi connectivity index (χ3n) is 6.25. The van der Waals surface area contributed by atoms with Gasteiger partial charge in [-0.05, 0) is 37.6 Å². The molecule has 1 saturated heterocycles. The van der Waals surface area contributed by atoms with E-state index < -0.39 is 0 Å². The number of rotatable bonds is 9. The topological polar surface area (TPSA) is 110 Å². The van der Waals surface area contributed by atoms with Gasteiger partial charge in [-0.15, -0.1) is 0 Å². The van der Waals surface area contributed by atoms with Crippen molar-refractivity contribution < 1.29 is 14.3 Å². The number of carbonyl (C=O) groups is 1. The van der Waals surface area contributed by atoms with Gasteiger partial charge in [0.25, 0.3) is 0 Å². The number of likely N-dealkylation sites (tertiary alicyclic amines) is 1. The molecule has 1 unspecified atom stereocenters. The van der Waals surface area contributed by atoms with E-state index in [1.807, 2.05) is 12.4 Å². The number of benzene rings is 1. The Bertz CT molecular complexity index is 1360. The van der Waals surface area contributed by atoms with Crippen LogP contribution in [0.3, 0.4) is 0 Å². The number of amides is 1. The Morgan fingerprint density at radius 3 is 3.14 bits per heavy atom. The van der Waals surface area contributed by atoms with Gasteiger partial charge in [0.05, 0.1) is 25.0 Å². The monoisotopic (exact) mass is 487 g/mol. The highest BCUT2D eigenvalue weighted by atomic mass is 16.5. The summed E-state index contributed by atoms with van der Waals surface area (Å²) in [5.41, 5.74) is 3.85. The lowest BCUT2D eigenvalue weighted by atomic mass is 10.1. The standard InChI is InChI=1S/C26H29N7O3/c1-3-23(34)30-19-6-4-8-21(12-19)36-24-15-28-26-25(31-24)22(14-27-26)18-13-29-33(16-18)20-7-5-9-32(17-20)10-11-35-2/h3-4,6,8,12-16,20H,1,5,7,9-11,17H2,2H3,(H,27,28)(H,30,34). The first-order valence-electron chi connectivity index (χ1n) is 11.9. The van der Waals surface area contributed by atoms with Gasteiger partial charge in [-0.25, -0.2) is 9.97 Å². The minimum absolute atomic E-state index is 0.290. The predicted octanol–water partition coefficient (Wildman–Crippen LogP) is 4.02. The minimum Gasteiger partial charge on any atom is -0.437 e. The third-order valence-corrected chi connectivity index (χ3v) is 6.25. The number of aromatic nitrogens is 5. The molecule has 0 saturated carbocycles. The summed E-state index contributed by atoms with van der Waals surface area (Å²) in [5, 5.41) is 7.39. The van der Waals surface area contributed by atoms with Crippen molar-refractivity contribution in [3.8, 4) is 22.8 Å². The lowest BCUT2D eigenvalue weighted by Gasteiger charge is -2.32. The van der Waals surface area contributed by atoms with E-state index in [2.05, 4.69) is 42.7 Å². The molecule has 1 aliphatic rings. The average Bonchev–Trinajstić information content (AvgIpc) is 3.55. The van der Waals surface area contributed by atoms with E-state index in [9.17, 15) is 4.79 Å². The Labute approximate surface area is 209 Å². The first-order valence-corrected chi connectivity index (χ1v) is 11.9. The van der Waals surface area contributed by atoms with Gasteiger partial charge >= 0.3 is 0 Å². The summed E-state index contributed by atoms with van der Waals surface area (Å²) >= 11 is 0. The molecule has 4 aromatic rings. The summed E-state index contributed by atoms with van der Waals surface area (Å²) in [7, 11) is 1.74. The number of aromatic amines is 1. The first kappa shape index (κ1) is 23.7. The first-order chi connectivity index (χ1) is 17.6. The van der Waals surface area contributed by atoms with E-state index >= 15 is 0 Å². The van der Waals surface area contributed by atoms with Gasteiger partial charge in [0, 0.05) is 55.5 Å². The fraction of sp³-hybridized carbons (Fsp3) is 0.308. The molecule has 1 aliphatic heterocycles.